The Hall–Kier alpha value is -2.16. The molecule has 1 aliphatic rings. The van der Waals surface area contributed by atoms with Crippen molar-refractivity contribution in [2.45, 2.75) is 45.0 Å². The Balaban J connectivity index is 1.86. The lowest BCUT2D eigenvalue weighted by Gasteiger charge is -2.32. The molecule has 7 nitrogen and oxygen atoms in total. The number of rotatable bonds is 4. The van der Waals surface area contributed by atoms with Crippen LogP contribution in [0.1, 0.15) is 39.2 Å². The zero-order valence-electron chi connectivity index (χ0n) is 15.7. The number of amides is 2. The maximum atomic E-state index is 12.9. The lowest BCUT2D eigenvalue weighted by atomic mass is 9.97. The van der Waals surface area contributed by atoms with E-state index in [1.807, 2.05) is 0 Å². The molecular weight excluding hydrogens is 375 g/mol. The van der Waals surface area contributed by atoms with Gasteiger partial charge in [-0.1, -0.05) is 12.1 Å². The summed E-state index contributed by atoms with van der Waals surface area (Å²) in [6.07, 6.45) is 0.277. The van der Waals surface area contributed by atoms with E-state index in [0.717, 1.165) is 0 Å². The average Bonchev–Trinajstić information content (AvgIpc) is 2.55. The van der Waals surface area contributed by atoms with Crippen LogP contribution in [0.3, 0.4) is 0 Å². The first kappa shape index (κ1) is 21.1. The molecule has 1 aromatic rings. The fourth-order valence-electron chi connectivity index (χ4n) is 2.72. The maximum Gasteiger partial charge on any atom is 0.410 e. The largest absolute Gasteiger partial charge is 0.444 e. The Labute approximate surface area is 158 Å². The number of ether oxygens (including phenoxy) is 1. The molecule has 0 saturated carbocycles. The summed E-state index contributed by atoms with van der Waals surface area (Å²) in [6, 6.07) is 5.05. The number of nitrogens with one attached hydrogen (secondary N) is 1. The van der Waals surface area contributed by atoms with E-state index in [1.54, 1.807) is 20.8 Å². The molecule has 9 heteroatoms. The number of carbonyl (C=O) groups is 2. The number of likely N-dealkylation sites (tertiary alicyclic amines) is 1. The molecule has 1 fully saturated rings. The minimum atomic E-state index is -3.88. The summed E-state index contributed by atoms with van der Waals surface area (Å²) < 4.78 is 44.6. The van der Waals surface area contributed by atoms with Crippen molar-refractivity contribution in [3.63, 3.8) is 0 Å². The van der Waals surface area contributed by atoms with Gasteiger partial charge in [0.1, 0.15) is 11.4 Å². The Morgan fingerprint density at radius 1 is 1.19 bits per heavy atom. The van der Waals surface area contributed by atoms with E-state index in [9.17, 15) is 22.4 Å². The Morgan fingerprint density at radius 3 is 2.26 bits per heavy atom. The van der Waals surface area contributed by atoms with Gasteiger partial charge >= 0.3 is 6.09 Å². The third-order valence-electron chi connectivity index (χ3n) is 4.04. The molecule has 0 spiro atoms. The van der Waals surface area contributed by atoms with Crippen molar-refractivity contribution in [1.29, 1.82) is 0 Å². The monoisotopic (exact) mass is 400 g/mol. The number of hydrogen-bond acceptors (Lipinski definition) is 5. The molecule has 0 aromatic heterocycles. The van der Waals surface area contributed by atoms with Crippen LogP contribution in [0.5, 0.6) is 0 Å². The van der Waals surface area contributed by atoms with Gasteiger partial charge in [0.05, 0.1) is 5.75 Å². The predicted molar refractivity (Wildman–Crippen MR) is 97.7 cm³/mol. The second kappa shape index (κ2) is 8.24. The van der Waals surface area contributed by atoms with Crippen molar-refractivity contribution in [2.24, 2.45) is 5.92 Å². The molecular formula is C18H25FN2O5S. The highest BCUT2D eigenvalue weighted by Gasteiger charge is 2.31. The average molecular weight is 400 g/mol. The molecule has 0 radical (unpaired) electrons. The number of halogens is 1. The van der Waals surface area contributed by atoms with E-state index in [0.29, 0.717) is 31.5 Å². The lowest BCUT2D eigenvalue weighted by Crippen LogP contribution is -2.45. The molecule has 150 valence electrons. The number of benzene rings is 1. The van der Waals surface area contributed by atoms with Gasteiger partial charge < -0.3 is 9.64 Å². The lowest BCUT2D eigenvalue weighted by molar-refractivity contribution is -0.124. The summed E-state index contributed by atoms with van der Waals surface area (Å²) in [5.74, 6) is -1.94. The van der Waals surface area contributed by atoms with E-state index >= 15 is 0 Å². The summed E-state index contributed by atoms with van der Waals surface area (Å²) in [6.45, 7) is 5.97. The Kier molecular flexibility index (Phi) is 6.46. The maximum absolute atomic E-state index is 12.9. The van der Waals surface area contributed by atoms with Crippen LogP contribution in [-0.2, 0) is 25.3 Å². The SMILES string of the molecule is CC(C)(C)OC(=O)N1CCC(C(=O)NS(=O)(=O)Cc2ccc(F)cc2)CC1. The zero-order valence-corrected chi connectivity index (χ0v) is 16.5. The molecule has 2 amide bonds. The summed E-state index contributed by atoms with van der Waals surface area (Å²) in [4.78, 5) is 25.8. The smallest absolute Gasteiger partial charge is 0.410 e. The first-order valence-corrected chi connectivity index (χ1v) is 10.4. The number of nitrogens with zero attached hydrogens (tertiary/aromatic N) is 1. The fourth-order valence-corrected chi connectivity index (χ4v) is 3.90. The highest BCUT2D eigenvalue weighted by atomic mass is 32.2. The first-order chi connectivity index (χ1) is 12.5. The molecule has 1 N–H and O–H groups in total. The van der Waals surface area contributed by atoms with Crippen LogP contribution in [0.25, 0.3) is 0 Å². The minimum Gasteiger partial charge on any atom is -0.444 e. The molecule has 0 bridgehead atoms. The van der Waals surface area contributed by atoms with Gasteiger partial charge in [0, 0.05) is 19.0 Å². The van der Waals surface area contributed by atoms with Crippen LogP contribution in [-0.4, -0.2) is 44.0 Å². The van der Waals surface area contributed by atoms with Crippen molar-refractivity contribution in [2.75, 3.05) is 13.1 Å². The van der Waals surface area contributed by atoms with E-state index in [1.165, 1.54) is 29.2 Å². The third-order valence-corrected chi connectivity index (χ3v) is 5.27. The molecule has 1 aliphatic heterocycles. The van der Waals surface area contributed by atoms with E-state index in [2.05, 4.69) is 4.72 Å². The van der Waals surface area contributed by atoms with Gasteiger partial charge in [0.15, 0.2) is 0 Å². The summed E-state index contributed by atoms with van der Waals surface area (Å²) in [5, 5.41) is 0. The normalized spacial score (nSPS) is 16.1. The second-order valence-electron chi connectivity index (χ2n) is 7.59. The molecule has 2 rings (SSSR count). The summed E-state index contributed by atoms with van der Waals surface area (Å²) >= 11 is 0. The van der Waals surface area contributed by atoms with Crippen molar-refractivity contribution in [3.8, 4) is 0 Å². The van der Waals surface area contributed by atoms with Crippen LogP contribution < -0.4 is 4.72 Å². The van der Waals surface area contributed by atoms with Gasteiger partial charge in [0.2, 0.25) is 15.9 Å². The highest BCUT2D eigenvalue weighted by Crippen LogP contribution is 2.20. The number of piperidine rings is 1. The van der Waals surface area contributed by atoms with E-state index in [4.69, 9.17) is 4.74 Å². The van der Waals surface area contributed by atoms with Crippen molar-refractivity contribution in [3.05, 3.63) is 35.6 Å². The van der Waals surface area contributed by atoms with Gasteiger partial charge in [-0.3, -0.25) is 9.52 Å². The van der Waals surface area contributed by atoms with Crippen LogP contribution in [0, 0.1) is 11.7 Å². The molecule has 0 atom stereocenters. The Morgan fingerprint density at radius 2 is 1.74 bits per heavy atom. The number of carbonyl (C=O) groups excluding carboxylic acids is 2. The van der Waals surface area contributed by atoms with Crippen LogP contribution in [0.15, 0.2) is 24.3 Å². The minimum absolute atomic E-state index is 0.324. The quantitative estimate of drug-likeness (QED) is 0.838. The highest BCUT2D eigenvalue weighted by molar-refractivity contribution is 7.89. The van der Waals surface area contributed by atoms with Gasteiger partial charge in [-0.25, -0.2) is 17.6 Å². The predicted octanol–water partition coefficient (Wildman–Crippen LogP) is 2.42. The van der Waals surface area contributed by atoms with Gasteiger partial charge in [-0.2, -0.15) is 0 Å². The van der Waals surface area contributed by atoms with Crippen LogP contribution in [0.2, 0.25) is 0 Å². The van der Waals surface area contributed by atoms with Crippen LogP contribution >= 0.6 is 0 Å². The zero-order chi connectivity index (χ0) is 20.2. The van der Waals surface area contributed by atoms with Crippen molar-refractivity contribution in [1.82, 2.24) is 9.62 Å². The molecule has 0 aliphatic carbocycles. The molecule has 1 aromatic carbocycles. The van der Waals surface area contributed by atoms with Gasteiger partial charge in [-0.15, -0.1) is 0 Å². The fraction of sp³-hybridized carbons (Fsp3) is 0.556. The Bertz CT molecular complexity index is 779. The molecule has 27 heavy (non-hydrogen) atoms. The second-order valence-corrected chi connectivity index (χ2v) is 9.32. The van der Waals surface area contributed by atoms with Crippen molar-refractivity contribution >= 4 is 22.0 Å². The standard InChI is InChI=1S/C18H25FN2O5S/c1-18(2,3)26-17(23)21-10-8-14(9-11-21)16(22)20-27(24,25)12-13-4-6-15(19)7-5-13/h4-7,14H,8-12H2,1-3H3,(H,20,22). The van der Waals surface area contributed by atoms with Crippen molar-refractivity contribution < 1.29 is 27.1 Å². The summed E-state index contributed by atoms with van der Waals surface area (Å²) in [5.41, 5.74) is -0.212. The topological polar surface area (TPSA) is 92.8 Å². The van der Waals surface area contributed by atoms with E-state index in [-0.39, 0.29) is 0 Å². The molecule has 1 saturated heterocycles. The molecule has 0 unspecified atom stereocenters. The van der Waals surface area contributed by atoms with Gasteiger partial charge in [-0.05, 0) is 51.3 Å². The third kappa shape index (κ3) is 6.82. The van der Waals surface area contributed by atoms with E-state index < -0.39 is 45.1 Å². The first-order valence-electron chi connectivity index (χ1n) is 8.72. The number of sulfonamides is 1. The summed E-state index contributed by atoms with van der Waals surface area (Å²) in [7, 11) is -3.88. The van der Waals surface area contributed by atoms with Gasteiger partial charge in [0.25, 0.3) is 0 Å². The molecule has 1 heterocycles. The number of hydrogen-bond donors (Lipinski definition) is 1. The van der Waals surface area contributed by atoms with Crippen LogP contribution in [0.4, 0.5) is 9.18 Å².